The molecule has 98 valence electrons. The first kappa shape index (κ1) is 12.8. The second-order valence-electron chi connectivity index (χ2n) is 4.75. The minimum atomic E-state index is -0.185. The summed E-state index contributed by atoms with van der Waals surface area (Å²) in [6.45, 7) is 0. The van der Waals surface area contributed by atoms with E-state index in [0.717, 1.165) is 12.8 Å². The van der Waals surface area contributed by atoms with E-state index in [-0.39, 0.29) is 11.8 Å². The standard InChI is InChI=1S/C14H12ClNO2S/c15-11-6-5-8(7-12(11)19)16-13(17)9-3-1-2-4-10(9)14(16)18/h5-7,19H,1-4H2. The number of amides is 2. The molecule has 0 N–H and O–H groups in total. The zero-order chi connectivity index (χ0) is 13.6. The Kier molecular flexibility index (Phi) is 3.15. The van der Waals surface area contributed by atoms with Crippen molar-refractivity contribution in [2.24, 2.45) is 0 Å². The first-order valence-corrected chi connectivity index (χ1v) is 7.01. The minimum absolute atomic E-state index is 0.185. The Hall–Kier alpha value is -1.26. The largest absolute Gasteiger partial charge is 0.269 e. The van der Waals surface area contributed by atoms with Crippen LogP contribution in [0.1, 0.15) is 25.7 Å². The molecule has 2 amide bonds. The van der Waals surface area contributed by atoms with Crippen LogP contribution in [0.2, 0.25) is 5.02 Å². The molecule has 3 rings (SSSR count). The van der Waals surface area contributed by atoms with Crippen LogP contribution in [0.15, 0.2) is 34.2 Å². The van der Waals surface area contributed by atoms with E-state index in [9.17, 15) is 9.59 Å². The summed E-state index contributed by atoms with van der Waals surface area (Å²) in [5, 5.41) is 0.504. The van der Waals surface area contributed by atoms with Crippen LogP contribution in [0.25, 0.3) is 0 Å². The molecule has 0 saturated carbocycles. The fourth-order valence-corrected chi connectivity index (χ4v) is 2.94. The van der Waals surface area contributed by atoms with Crippen LogP contribution < -0.4 is 4.90 Å². The molecule has 0 unspecified atom stereocenters. The van der Waals surface area contributed by atoms with Crippen LogP contribution in [0, 0.1) is 0 Å². The van der Waals surface area contributed by atoms with Crippen LogP contribution in [-0.2, 0) is 9.59 Å². The fourth-order valence-electron chi connectivity index (χ4n) is 2.61. The van der Waals surface area contributed by atoms with Crippen LogP contribution in [0.5, 0.6) is 0 Å². The molecule has 1 aliphatic heterocycles. The summed E-state index contributed by atoms with van der Waals surface area (Å²) in [6.07, 6.45) is 3.36. The summed E-state index contributed by atoms with van der Waals surface area (Å²) in [6, 6.07) is 4.98. The smallest absolute Gasteiger partial charge is 0.261 e. The number of thiol groups is 1. The maximum atomic E-state index is 12.3. The molecule has 1 heterocycles. The zero-order valence-corrected chi connectivity index (χ0v) is 11.8. The number of hydrogen-bond donors (Lipinski definition) is 1. The number of carbonyl (C=O) groups is 2. The molecule has 1 aromatic rings. The minimum Gasteiger partial charge on any atom is -0.269 e. The van der Waals surface area contributed by atoms with Gasteiger partial charge >= 0.3 is 0 Å². The van der Waals surface area contributed by atoms with Crippen LogP contribution in [0.3, 0.4) is 0 Å². The maximum absolute atomic E-state index is 12.3. The van der Waals surface area contributed by atoms with E-state index >= 15 is 0 Å². The summed E-state index contributed by atoms with van der Waals surface area (Å²) in [5.74, 6) is -0.371. The SMILES string of the molecule is O=C1C2=C(CCCC2)C(=O)N1c1ccc(Cl)c(S)c1. The highest BCUT2D eigenvalue weighted by Crippen LogP contribution is 2.36. The highest BCUT2D eigenvalue weighted by molar-refractivity contribution is 7.80. The third-order valence-corrected chi connectivity index (χ3v) is 4.41. The lowest BCUT2D eigenvalue weighted by Crippen LogP contribution is -2.31. The van der Waals surface area contributed by atoms with Gasteiger partial charge in [0.25, 0.3) is 11.8 Å². The van der Waals surface area contributed by atoms with Gasteiger partial charge < -0.3 is 0 Å². The lowest BCUT2D eigenvalue weighted by Gasteiger charge is -2.15. The second kappa shape index (κ2) is 4.69. The molecule has 0 fully saturated rings. The molecular formula is C14H12ClNO2S. The Morgan fingerprint density at radius 2 is 1.63 bits per heavy atom. The Labute approximate surface area is 121 Å². The molecule has 1 aromatic carbocycles. The number of nitrogens with zero attached hydrogens (tertiary/aromatic N) is 1. The van der Waals surface area contributed by atoms with Crippen molar-refractivity contribution in [3.8, 4) is 0 Å². The van der Waals surface area contributed by atoms with E-state index in [1.54, 1.807) is 18.2 Å². The second-order valence-corrected chi connectivity index (χ2v) is 5.63. The zero-order valence-electron chi connectivity index (χ0n) is 10.1. The highest BCUT2D eigenvalue weighted by atomic mass is 35.5. The van der Waals surface area contributed by atoms with Gasteiger partial charge in [0, 0.05) is 16.0 Å². The molecule has 0 saturated heterocycles. The van der Waals surface area contributed by atoms with Gasteiger partial charge in [0.05, 0.1) is 10.7 Å². The summed E-state index contributed by atoms with van der Waals surface area (Å²) < 4.78 is 0. The molecule has 1 aliphatic carbocycles. The molecule has 0 spiro atoms. The molecule has 3 nitrogen and oxygen atoms in total. The predicted molar refractivity (Wildman–Crippen MR) is 76.7 cm³/mol. The number of rotatable bonds is 1. The van der Waals surface area contributed by atoms with Crippen molar-refractivity contribution in [1.82, 2.24) is 0 Å². The fraction of sp³-hybridized carbons (Fsp3) is 0.286. The number of benzene rings is 1. The van der Waals surface area contributed by atoms with Gasteiger partial charge in [-0.3, -0.25) is 9.59 Å². The summed E-state index contributed by atoms with van der Waals surface area (Å²) in [5.41, 5.74) is 1.91. The predicted octanol–water partition coefficient (Wildman–Crippen LogP) is 3.37. The van der Waals surface area contributed by atoms with E-state index in [0.29, 0.717) is 39.6 Å². The maximum Gasteiger partial charge on any atom is 0.261 e. The van der Waals surface area contributed by atoms with Crippen molar-refractivity contribution in [3.05, 3.63) is 34.4 Å². The van der Waals surface area contributed by atoms with Crippen molar-refractivity contribution in [2.75, 3.05) is 4.90 Å². The van der Waals surface area contributed by atoms with Crippen molar-refractivity contribution >= 4 is 41.7 Å². The average Bonchev–Trinajstić information content (AvgIpc) is 2.66. The molecule has 0 aromatic heterocycles. The van der Waals surface area contributed by atoms with Crippen LogP contribution >= 0.6 is 24.2 Å². The van der Waals surface area contributed by atoms with E-state index in [1.165, 1.54) is 4.90 Å². The van der Waals surface area contributed by atoms with Crippen molar-refractivity contribution in [2.45, 2.75) is 30.6 Å². The lowest BCUT2D eigenvalue weighted by atomic mass is 9.93. The third kappa shape index (κ3) is 1.99. The Bertz CT molecular complexity index is 596. The first-order valence-electron chi connectivity index (χ1n) is 6.19. The molecular weight excluding hydrogens is 282 g/mol. The topological polar surface area (TPSA) is 37.4 Å². The van der Waals surface area contributed by atoms with Gasteiger partial charge in [-0.25, -0.2) is 4.90 Å². The lowest BCUT2D eigenvalue weighted by molar-refractivity contribution is -0.120. The van der Waals surface area contributed by atoms with Crippen molar-refractivity contribution < 1.29 is 9.59 Å². The van der Waals surface area contributed by atoms with Gasteiger partial charge in [0.15, 0.2) is 0 Å². The van der Waals surface area contributed by atoms with E-state index in [4.69, 9.17) is 11.6 Å². The number of halogens is 1. The number of carbonyl (C=O) groups excluding carboxylic acids is 2. The average molecular weight is 294 g/mol. The number of anilines is 1. The van der Waals surface area contributed by atoms with Gasteiger partial charge in [-0.1, -0.05) is 11.6 Å². The molecule has 0 atom stereocenters. The molecule has 0 radical (unpaired) electrons. The van der Waals surface area contributed by atoms with Gasteiger partial charge in [0.2, 0.25) is 0 Å². The van der Waals surface area contributed by atoms with E-state index < -0.39 is 0 Å². The van der Waals surface area contributed by atoms with Crippen LogP contribution in [-0.4, -0.2) is 11.8 Å². The third-order valence-electron chi connectivity index (χ3n) is 3.58. The summed E-state index contributed by atoms with van der Waals surface area (Å²) in [7, 11) is 0. The van der Waals surface area contributed by atoms with Gasteiger partial charge in [-0.15, -0.1) is 12.6 Å². The van der Waals surface area contributed by atoms with Crippen LogP contribution in [0.4, 0.5) is 5.69 Å². The Balaban J connectivity index is 2.01. The normalized spacial score (nSPS) is 19.2. The first-order chi connectivity index (χ1) is 9.09. The Morgan fingerprint density at radius 1 is 1.05 bits per heavy atom. The summed E-state index contributed by atoms with van der Waals surface area (Å²) in [4.78, 5) is 26.5. The van der Waals surface area contributed by atoms with Crippen molar-refractivity contribution in [1.29, 1.82) is 0 Å². The summed E-state index contributed by atoms with van der Waals surface area (Å²) >= 11 is 10.1. The molecule has 0 bridgehead atoms. The van der Waals surface area contributed by atoms with Gasteiger partial charge in [-0.2, -0.15) is 0 Å². The molecule has 2 aliphatic rings. The monoisotopic (exact) mass is 293 g/mol. The number of imide groups is 1. The van der Waals surface area contributed by atoms with Crippen molar-refractivity contribution in [3.63, 3.8) is 0 Å². The molecule has 5 heteroatoms. The van der Waals surface area contributed by atoms with Gasteiger partial charge in [0.1, 0.15) is 0 Å². The quantitative estimate of drug-likeness (QED) is 0.637. The van der Waals surface area contributed by atoms with Gasteiger partial charge in [-0.05, 0) is 43.9 Å². The Morgan fingerprint density at radius 3 is 2.16 bits per heavy atom. The van der Waals surface area contributed by atoms with E-state index in [1.807, 2.05) is 0 Å². The van der Waals surface area contributed by atoms with E-state index in [2.05, 4.69) is 12.6 Å². The number of hydrogen-bond acceptors (Lipinski definition) is 3. The molecule has 19 heavy (non-hydrogen) atoms. The highest BCUT2D eigenvalue weighted by Gasteiger charge is 2.39.